The Morgan fingerprint density at radius 1 is 1.50 bits per heavy atom. The normalized spacial score (nSPS) is 25.2. The van der Waals surface area contributed by atoms with Gasteiger partial charge >= 0.3 is 0 Å². The summed E-state index contributed by atoms with van der Waals surface area (Å²) in [5.41, 5.74) is 0. The first-order chi connectivity index (χ1) is 4.70. The molecule has 1 rings (SSSR count). The molecule has 1 aliphatic heterocycles. The third-order valence-corrected chi connectivity index (χ3v) is 1.15. The van der Waals surface area contributed by atoms with Gasteiger partial charge in [-0.15, -0.1) is 0 Å². The lowest BCUT2D eigenvalue weighted by Crippen LogP contribution is -2.49. The summed E-state index contributed by atoms with van der Waals surface area (Å²) in [5.74, 6) is 0. The minimum Gasteiger partial charge on any atom is -0.260 e. The number of hydroxylamine groups is 2. The van der Waals surface area contributed by atoms with Crippen LogP contribution in [-0.4, -0.2) is 24.0 Å². The minimum absolute atomic E-state index is 0.307. The highest BCUT2D eigenvalue weighted by atomic mass is 19.1. The van der Waals surface area contributed by atoms with Gasteiger partial charge < -0.3 is 0 Å². The molecule has 0 amide bonds. The van der Waals surface area contributed by atoms with Crippen LogP contribution >= 0.6 is 0 Å². The minimum atomic E-state index is -1.04. The lowest BCUT2D eigenvalue weighted by atomic mass is 10.3. The van der Waals surface area contributed by atoms with Crippen LogP contribution in [-0.2, 0) is 4.84 Å². The fraction of sp³-hybridized carbons (Fsp3) is 1.00. The van der Waals surface area contributed by atoms with Gasteiger partial charge in [-0.2, -0.15) is 5.06 Å². The van der Waals surface area contributed by atoms with Gasteiger partial charge in [-0.05, 0) is 13.8 Å². The van der Waals surface area contributed by atoms with Crippen LogP contribution in [0.1, 0.15) is 27.7 Å². The maximum absolute atomic E-state index is 11.9. The third-order valence-electron chi connectivity index (χ3n) is 1.15. The van der Waals surface area contributed by atoms with E-state index in [1.807, 2.05) is 27.7 Å². The molecule has 3 heteroatoms. The first kappa shape index (κ1) is 9.85. The quantitative estimate of drug-likeness (QED) is 0.565. The van der Waals surface area contributed by atoms with Gasteiger partial charge in [0.15, 0.2) is 0 Å². The number of hydrogen-bond donors (Lipinski definition) is 0. The fourth-order valence-corrected chi connectivity index (χ4v) is 0.612. The van der Waals surface area contributed by atoms with Crippen molar-refractivity contribution in [1.82, 2.24) is 5.06 Å². The van der Waals surface area contributed by atoms with Crippen LogP contribution in [0.4, 0.5) is 4.39 Å². The molecule has 0 aliphatic carbocycles. The molecule has 62 valence electrons. The Kier molecular flexibility index (Phi) is 4.56. The molecule has 0 spiro atoms. The monoisotopic (exact) mass is 149 g/mol. The van der Waals surface area contributed by atoms with Crippen LogP contribution in [0.25, 0.3) is 0 Å². The predicted octanol–water partition coefficient (Wildman–Crippen LogP) is 1.96. The van der Waals surface area contributed by atoms with Gasteiger partial charge in [0.2, 0.25) is 6.36 Å². The molecular formula is C7H16FNO. The Labute approximate surface area is 61.9 Å². The van der Waals surface area contributed by atoms with E-state index in [0.717, 1.165) is 0 Å². The van der Waals surface area contributed by atoms with E-state index in [0.29, 0.717) is 12.6 Å². The summed E-state index contributed by atoms with van der Waals surface area (Å²) < 4.78 is 11.9. The number of alkyl halides is 1. The van der Waals surface area contributed by atoms with Crippen molar-refractivity contribution in [1.29, 1.82) is 0 Å². The van der Waals surface area contributed by atoms with Gasteiger partial charge in [-0.25, -0.2) is 4.39 Å². The zero-order chi connectivity index (χ0) is 8.15. The molecule has 0 N–H and O–H groups in total. The highest BCUT2D eigenvalue weighted by Gasteiger charge is 2.29. The highest BCUT2D eigenvalue weighted by Crippen LogP contribution is 2.15. The third kappa shape index (κ3) is 2.62. The molecule has 0 aromatic heterocycles. The number of nitrogens with zero attached hydrogens (tertiary/aromatic N) is 1. The lowest BCUT2D eigenvalue weighted by molar-refractivity contribution is -0.350. The van der Waals surface area contributed by atoms with Gasteiger partial charge in [-0.3, -0.25) is 4.84 Å². The van der Waals surface area contributed by atoms with Gasteiger partial charge in [0.05, 0.1) is 6.54 Å². The fourth-order valence-electron chi connectivity index (χ4n) is 0.612. The van der Waals surface area contributed by atoms with Crippen LogP contribution in [0.2, 0.25) is 0 Å². The molecular weight excluding hydrogens is 133 g/mol. The van der Waals surface area contributed by atoms with E-state index in [-0.39, 0.29) is 0 Å². The smallest absolute Gasteiger partial charge is 0.232 e. The van der Waals surface area contributed by atoms with E-state index >= 15 is 0 Å². The summed E-state index contributed by atoms with van der Waals surface area (Å²) in [5, 5.41) is 1.62. The van der Waals surface area contributed by atoms with Gasteiger partial charge in [0.25, 0.3) is 0 Å². The Bertz CT molecular complexity index is 81.7. The van der Waals surface area contributed by atoms with Crippen LogP contribution in [0.5, 0.6) is 0 Å². The first-order valence-electron chi connectivity index (χ1n) is 3.77. The average Bonchev–Trinajstić information content (AvgIpc) is 1.86. The topological polar surface area (TPSA) is 12.5 Å². The molecule has 1 fully saturated rings. The summed E-state index contributed by atoms with van der Waals surface area (Å²) in [6, 6.07) is 0.307. The first-order valence-corrected chi connectivity index (χ1v) is 3.77. The largest absolute Gasteiger partial charge is 0.260 e. The zero-order valence-corrected chi connectivity index (χ0v) is 7.10. The summed E-state index contributed by atoms with van der Waals surface area (Å²) in [4.78, 5) is 4.57. The zero-order valence-electron chi connectivity index (χ0n) is 7.10. The average molecular weight is 149 g/mol. The maximum atomic E-state index is 11.9. The van der Waals surface area contributed by atoms with Crippen molar-refractivity contribution in [3.8, 4) is 0 Å². The van der Waals surface area contributed by atoms with Crippen molar-refractivity contribution in [2.24, 2.45) is 0 Å². The van der Waals surface area contributed by atoms with Crippen LogP contribution in [0, 0.1) is 0 Å². The molecule has 0 saturated carbocycles. The Balaban J connectivity index is 0.000000371. The summed E-state index contributed by atoms with van der Waals surface area (Å²) in [6.45, 7) is 8.36. The van der Waals surface area contributed by atoms with E-state index in [9.17, 15) is 4.39 Å². The van der Waals surface area contributed by atoms with Gasteiger partial charge in [0.1, 0.15) is 0 Å². The van der Waals surface area contributed by atoms with Crippen LogP contribution < -0.4 is 0 Å². The lowest BCUT2D eigenvalue weighted by Gasteiger charge is -2.36. The molecule has 0 aromatic rings. The number of hydrogen-bond acceptors (Lipinski definition) is 2. The van der Waals surface area contributed by atoms with Crippen molar-refractivity contribution in [3.05, 3.63) is 0 Å². The van der Waals surface area contributed by atoms with Crippen LogP contribution in [0.15, 0.2) is 0 Å². The van der Waals surface area contributed by atoms with E-state index in [2.05, 4.69) is 4.84 Å². The second kappa shape index (κ2) is 4.63. The van der Waals surface area contributed by atoms with E-state index in [1.165, 1.54) is 0 Å². The number of halogens is 1. The van der Waals surface area contributed by atoms with Crippen molar-refractivity contribution in [2.75, 3.05) is 6.54 Å². The Hall–Kier alpha value is -0.150. The summed E-state index contributed by atoms with van der Waals surface area (Å²) in [7, 11) is 0. The second-order valence-corrected chi connectivity index (χ2v) is 2.21. The van der Waals surface area contributed by atoms with E-state index in [1.54, 1.807) is 5.06 Å². The molecule has 0 bridgehead atoms. The molecule has 1 heterocycles. The Morgan fingerprint density at radius 2 is 1.90 bits per heavy atom. The van der Waals surface area contributed by atoms with Crippen LogP contribution in [0.3, 0.4) is 0 Å². The molecule has 1 atom stereocenters. The molecule has 10 heavy (non-hydrogen) atoms. The molecule has 2 nitrogen and oxygen atoms in total. The Morgan fingerprint density at radius 3 is 2.00 bits per heavy atom. The van der Waals surface area contributed by atoms with E-state index in [4.69, 9.17) is 0 Å². The van der Waals surface area contributed by atoms with Crippen molar-refractivity contribution in [3.63, 3.8) is 0 Å². The molecule has 1 saturated heterocycles. The maximum Gasteiger partial charge on any atom is 0.232 e. The summed E-state index contributed by atoms with van der Waals surface area (Å²) >= 11 is 0. The van der Waals surface area contributed by atoms with Gasteiger partial charge in [-0.1, -0.05) is 13.8 Å². The van der Waals surface area contributed by atoms with Crippen molar-refractivity contribution >= 4 is 0 Å². The molecule has 1 unspecified atom stereocenters. The van der Waals surface area contributed by atoms with Gasteiger partial charge in [0, 0.05) is 6.04 Å². The van der Waals surface area contributed by atoms with Crippen molar-refractivity contribution < 1.29 is 9.23 Å². The predicted molar refractivity (Wildman–Crippen MR) is 39.2 cm³/mol. The molecule has 0 radical (unpaired) electrons. The number of rotatable bonds is 1. The summed E-state index contributed by atoms with van der Waals surface area (Å²) in [6.07, 6.45) is -1.04. The second-order valence-electron chi connectivity index (χ2n) is 2.21. The van der Waals surface area contributed by atoms with E-state index < -0.39 is 6.36 Å². The molecule has 1 aliphatic rings. The molecule has 0 aromatic carbocycles. The SMILES string of the molecule is CC.CC(C)N1CC(F)O1. The standard InChI is InChI=1S/C5H10FNO.C2H6/c1-4(2)7-3-5(6)8-7;1-2/h4-5H,3H2,1-2H3;1-2H3. The van der Waals surface area contributed by atoms with Crippen molar-refractivity contribution in [2.45, 2.75) is 40.1 Å². The highest BCUT2D eigenvalue weighted by molar-refractivity contribution is 4.61.